The Bertz CT molecular complexity index is 875. The smallest absolute Gasteiger partial charge is 0.254 e. The van der Waals surface area contributed by atoms with E-state index >= 15 is 0 Å². The Morgan fingerprint density at radius 1 is 1.12 bits per heavy atom. The fourth-order valence-corrected chi connectivity index (χ4v) is 2.64. The Kier molecular flexibility index (Phi) is 4.56. The number of nitrogens with zero attached hydrogens (tertiary/aromatic N) is 2. The second kappa shape index (κ2) is 6.79. The standard InChI is InChI=1S/C20H21N3O/c1-4-14(3)21-20(24)18-16-12-13(2)10-11-17(16)22-23-19(18)15-8-6-5-7-9-15/h5-12,14H,4H2,1-3H3,(H,21,24)/t14-/m1/s1. The largest absolute Gasteiger partial charge is 0.350 e. The minimum absolute atomic E-state index is 0.103. The Balaban J connectivity index is 2.24. The van der Waals surface area contributed by atoms with E-state index in [1.807, 2.05) is 62.4 Å². The number of fused-ring (bicyclic) bond motifs is 1. The third kappa shape index (κ3) is 3.13. The molecule has 1 heterocycles. The molecule has 0 saturated carbocycles. The number of rotatable bonds is 4. The molecule has 4 nitrogen and oxygen atoms in total. The van der Waals surface area contributed by atoms with Crippen LogP contribution < -0.4 is 5.32 Å². The van der Waals surface area contributed by atoms with Crippen LogP contribution in [0.25, 0.3) is 22.2 Å². The number of nitrogens with one attached hydrogen (secondary N) is 1. The van der Waals surface area contributed by atoms with E-state index in [0.29, 0.717) is 11.3 Å². The number of hydrogen-bond acceptors (Lipinski definition) is 3. The Morgan fingerprint density at radius 2 is 1.88 bits per heavy atom. The van der Waals surface area contributed by atoms with Gasteiger partial charge in [-0.15, -0.1) is 10.2 Å². The van der Waals surface area contributed by atoms with Gasteiger partial charge in [0.15, 0.2) is 0 Å². The van der Waals surface area contributed by atoms with E-state index < -0.39 is 0 Å². The van der Waals surface area contributed by atoms with Gasteiger partial charge >= 0.3 is 0 Å². The van der Waals surface area contributed by atoms with Gasteiger partial charge in [0.2, 0.25) is 0 Å². The van der Waals surface area contributed by atoms with Crippen LogP contribution in [0.15, 0.2) is 48.5 Å². The summed E-state index contributed by atoms with van der Waals surface area (Å²) in [6.45, 7) is 6.07. The van der Waals surface area contributed by atoms with Crippen molar-refractivity contribution < 1.29 is 4.79 Å². The van der Waals surface area contributed by atoms with Crippen molar-refractivity contribution in [1.82, 2.24) is 15.5 Å². The van der Waals surface area contributed by atoms with E-state index in [4.69, 9.17) is 0 Å². The molecule has 0 fully saturated rings. The molecule has 4 heteroatoms. The average molecular weight is 319 g/mol. The van der Waals surface area contributed by atoms with Crippen LogP contribution in [0.5, 0.6) is 0 Å². The summed E-state index contributed by atoms with van der Waals surface area (Å²) in [5.41, 5.74) is 3.93. The minimum Gasteiger partial charge on any atom is -0.350 e. The van der Waals surface area contributed by atoms with Crippen molar-refractivity contribution in [2.45, 2.75) is 33.2 Å². The highest BCUT2D eigenvalue weighted by Crippen LogP contribution is 2.27. The number of benzene rings is 2. The minimum atomic E-state index is -0.103. The SMILES string of the molecule is CC[C@@H](C)NC(=O)c1c(-c2ccccc2)nnc2ccc(C)cc12. The molecule has 2 aromatic carbocycles. The van der Waals surface area contributed by atoms with Gasteiger partial charge in [-0.2, -0.15) is 0 Å². The molecule has 0 radical (unpaired) electrons. The van der Waals surface area contributed by atoms with Crippen LogP contribution in [0.3, 0.4) is 0 Å². The van der Waals surface area contributed by atoms with Crippen molar-refractivity contribution in [2.24, 2.45) is 0 Å². The van der Waals surface area contributed by atoms with Crippen LogP contribution in [0.4, 0.5) is 0 Å². The zero-order valence-electron chi connectivity index (χ0n) is 14.2. The van der Waals surface area contributed by atoms with Crippen molar-refractivity contribution in [3.8, 4) is 11.3 Å². The van der Waals surface area contributed by atoms with Crippen LogP contribution in [0, 0.1) is 6.92 Å². The Morgan fingerprint density at radius 3 is 2.58 bits per heavy atom. The van der Waals surface area contributed by atoms with E-state index in [0.717, 1.165) is 28.5 Å². The van der Waals surface area contributed by atoms with Crippen molar-refractivity contribution >= 4 is 16.8 Å². The summed E-state index contributed by atoms with van der Waals surface area (Å²) in [6, 6.07) is 15.7. The molecule has 3 aromatic rings. The van der Waals surface area contributed by atoms with E-state index in [9.17, 15) is 4.79 Å². The monoisotopic (exact) mass is 319 g/mol. The van der Waals surface area contributed by atoms with Gasteiger partial charge in [0, 0.05) is 17.0 Å². The summed E-state index contributed by atoms with van der Waals surface area (Å²) in [4.78, 5) is 13.0. The number of carbonyl (C=O) groups excluding carboxylic acids is 1. The molecule has 0 saturated heterocycles. The number of amides is 1. The highest BCUT2D eigenvalue weighted by atomic mass is 16.1. The lowest BCUT2D eigenvalue weighted by atomic mass is 10.00. The summed E-state index contributed by atoms with van der Waals surface area (Å²) in [6.07, 6.45) is 0.877. The van der Waals surface area contributed by atoms with Gasteiger partial charge in [-0.1, -0.05) is 48.9 Å². The van der Waals surface area contributed by atoms with Crippen LogP contribution in [-0.4, -0.2) is 22.1 Å². The zero-order valence-corrected chi connectivity index (χ0v) is 14.2. The van der Waals surface area contributed by atoms with Crippen LogP contribution >= 0.6 is 0 Å². The van der Waals surface area contributed by atoms with Crippen LogP contribution in [-0.2, 0) is 0 Å². The second-order valence-electron chi connectivity index (χ2n) is 6.09. The summed E-state index contributed by atoms with van der Waals surface area (Å²) < 4.78 is 0. The maximum Gasteiger partial charge on any atom is 0.254 e. The topological polar surface area (TPSA) is 54.9 Å². The normalized spacial score (nSPS) is 12.1. The van der Waals surface area contributed by atoms with Gasteiger partial charge < -0.3 is 5.32 Å². The fraction of sp³-hybridized carbons (Fsp3) is 0.250. The van der Waals surface area contributed by atoms with E-state index in [2.05, 4.69) is 22.4 Å². The quantitative estimate of drug-likeness (QED) is 0.786. The van der Waals surface area contributed by atoms with Gasteiger partial charge in [-0.05, 0) is 32.4 Å². The van der Waals surface area contributed by atoms with Crippen molar-refractivity contribution in [3.05, 3.63) is 59.7 Å². The summed E-state index contributed by atoms with van der Waals surface area (Å²) >= 11 is 0. The highest BCUT2D eigenvalue weighted by molar-refractivity contribution is 6.10. The predicted molar refractivity (Wildman–Crippen MR) is 96.9 cm³/mol. The molecular weight excluding hydrogens is 298 g/mol. The third-order valence-corrected chi connectivity index (χ3v) is 4.18. The highest BCUT2D eigenvalue weighted by Gasteiger charge is 2.20. The first-order valence-corrected chi connectivity index (χ1v) is 8.23. The number of aryl methyl sites for hydroxylation is 1. The van der Waals surface area contributed by atoms with E-state index in [1.54, 1.807) is 0 Å². The fourth-order valence-electron chi connectivity index (χ4n) is 2.64. The lowest BCUT2D eigenvalue weighted by Crippen LogP contribution is -2.32. The summed E-state index contributed by atoms with van der Waals surface area (Å²) in [5.74, 6) is -0.103. The molecule has 1 aromatic heterocycles. The van der Waals surface area contributed by atoms with Gasteiger partial charge in [0.05, 0.1) is 11.1 Å². The molecular formula is C20H21N3O. The van der Waals surface area contributed by atoms with Gasteiger partial charge in [0.25, 0.3) is 5.91 Å². The molecule has 24 heavy (non-hydrogen) atoms. The predicted octanol–water partition coefficient (Wildman–Crippen LogP) is 4.13. The molecule has 0 aliphatic heterocycles. The lowest BCUT2D eigenvalue weighted by molar-refractivity contribution is 0.0941. The molecule has 1 amide bonds. The van der Waals surface area contributed by atoms with Crippen molar-refractivity contribution in [2.75, 3.05) is 0 Å². The maximum atomic E-state index is 13.0. The Labute approximate surface area is 141 Å². The van der Waals surface area contributed by atoms with Crippen molar-refractivity contribution in [1.29, 1.82) is 0 Å². The number of hydrogen-bond donors (Lipinski definition) is 1. The second-order valence-corrected chi connectivity index (χ2v) is 6.09. The maximum absolute atomic E-state index is 13.0. The first-order valence-electron chi connectivity index (χ1n) is 8.23. The summed E-state index contributed by atoms with van der Waals surface area (Å²) in [5, 5.41) is 12.6. The lowest BCUT2D eigenvalue weighted by Gasteiger charge is -2.15. The molecule has 1 atom stereocenters. The zero-order chi connectivity index (χ0) is 17.1. The number of aromatic nitrogens is 2. The first kappa shape index (κ1) is 16.1. The van der Waals surface area contributed by atoms with E-state index in [-0.39, 0.29) is 11.9 Å². The molecule has 0 bridgehead atoms. The molecule has 0 aliphatic rings. The van der Waals surface area contributed by atoms with E-state index in [1.165, 1.54) is 0 Å². The molecule has 0 unspecified atom stereocenters. The molecule has 122 valence electrons. The van der Waals surface area contributed by atoms with Gasteiger partial charge in [-0.3, -0.25) is 4.79 Å². The van der Waals surface area contributed by atoms with Crippen LogP contribution in [0.1, 0.15) is 36.2 Å². The average Bonchev–Trinajstić information content (AvgIpc) is 2.61. The van der Waals surface area contributed by atoms with Gasteiger partial charge in [-0.25, -0.2) is 0 Å². The number of carbonyl (C=O) groups is 1. The molecule has 0 spiro atoms. The Hall–Kier alpha value is -2.75. The molecule has 1 N–H and O–H groups in total. The van der Waals surface area contributed by atoms with Gasteiger partial charge in [0.1, 0.15) is 5.69 Å². The third-order valence-electron chi connectivity index (χ3n) is 4.18. The first-order chi connectivity index (χ1) is 11.6. The van der Waals surface area contributed by atoms with Crippen LogP contribution in [0.2, 0.25) is 0 Å². The molecule has 3 rings (SSSR count). The molecule has 0 aliphatic carbocycles. The summed E-state index contributed by atoms with van der Waals surface area (Å²) in [7, 11) is 0. The van der Waals surface area contributed by atoms with Crippen molar-refractivity contribution in [3.63, 3.8) is 0 Å².